The molecule has 0 aliphatic rings. The Bertz CT molecular complexity index is 479. The van der Waals surface area contributed by atoms with Crippen molar-refractivity contribution in [2.45, 2.75) is 6.92 Å². The minimum absolute atomic E-state index is 0.122. The number of amides is 2. The molecule has 1 aromatic carbocycles. The first-order chi connectivity index (χ1) is 8.99. The normalized spacial score (nSPS) is 9.84. The number of methoxy groups -OCH3 is 1. The molecule has 0 unspecified atom stereocenters. The van der Waals surface area contributed by atoms with Crippen molar-refractivity contribution in [3.63, 3.8) is 0 Å². The molecule has 0 spiro atoms. The summed E-state index contributed by atoms with van der Waals surface area (Å²) in [6, 6.07) is 4.75. The lowest BCUT2D eigenvalue weighted by Crippen LogP contribution is -2.31. The van der Waals surface area contributed by atoms with E-state index in [-0.39, 0.29) is 18.3 Å². The van der Waals surface area contributed by atoms with Gasteiger partial charge in [-0.2, -0.15) is 0 Å². The summed E-state index contributed by atoms with van der Waals surface area (Å²) in [6.45, 7) is 1.49. The molecule has 1 aromatic rings. The fourth-order valence-electron chi connectivity index (χ4n) is 1.59. The quantitative estimate of drug-likeness (QED) is 0.815. The van der Waals surface area contributed by atoms with Crippen LogP contribution in [0.15, 0.2) is 18.2 Å². The van der Waals surface area contributed by atoms with E-state index in [1.165, 1.54) is 20.1 Å². The molecule has 2 N–H and O–H groups in total. The first-order valence-electron chi connectivity index (χ1n) is 5.51. The summed E-state index contributed by atoms with van der Waals surface area (Å²) in [4.78, 5) is 23.3. The zero-order valence-corrected chi connectivity index (χ0v) is 11.4. The third-order valence-electron chi connectivity index (χ3n) is 2.33. The van der Waals surface area contributed by atoms with E-state index in [4.69, 9.17) is 16.3 Å². The van der Waals surface area contributed by atoms with Crippen LogP contribution in [0.1, 0.15) is 6.92 Å². The summed E-state index contributed by atoms with van der Waals surface area (Å²) in [5, 5.41) is 11.8. The van der Waals surface area contributed by atoms with Crippen LogP contribution >= 0.6 is 11.6 Å². The van der Waals surface area contributed by atoms with Crippen molar-refractivity contribution in [2.75, 3.05) is 29.8 Å². The van der Waals surface area contributed by atoms with Crippen LogP contribution in [0.25, 0.3) is 0 Å². The number of hydrogen-bond acceptors (Lipinski definition) is 3. The number of benzene rings is 1. The minimum Gasteiger partial charge on any atom is -0.495 e. The first kappa shape index (κ1) is 15.1. The van der Waals surface area contributed by atoms with E-state index in [9.17, 15) is 14.7 Å². The molecule has 0 saturated heterocycles. The molecular weight excluding hydrogens is 272 g/mol. The van der Waals surface area contributed by atoms with Crippen molar-refractivity contribution in [1.29, 1.82) is 0 Å². The fraction of sp³-hybridized carbons (Fsp3) is 0.333. The number of hydrogen-bond donors (Lipinski definition) is 2. The Hall–Kier alpha value is -1.95. The average Bonchev–Trinajstić information content (AvgIpc) is 2.34. The number of halogens is 1. The van der Waals surface area contributed by atoms with Gasteiger partial charge in [0.1, 0.15) is 5.75 Å². The van der Waals surface area contributed by atoms with Gasteiger partial charge in [0.2, 0.25) is 5.91 Å². The summed E-state index contributed by atoms with van der Waals surface area (Å²) in [7, 11) is 1.44. The highest BCUT2D eigenvalue weighted by atomic mass is 35.5. The van der Waals surface area contributed by atoms with Crippen LogP contribution in [0.3, 0.4) is 0 Å². The first-order valence-corrected chi connectivity index (χ1v) is 6.05. The monoisotopic (exact) mass is 286 g/mol. The SMILES string of the molecule is COc1ccc(NC(C)=O)cc1N(CCCl)C(=O)O. The summed E-state index contributed by atoms with van der Waals surface area (Å²) in [6.07, 6.45) is -1.14. The van der Waals surface area contributed by atoms with Crippen molar-refractivity contribution in [3.8, 4) is 5.75 Å². The van der Waals surface area contributed by atoms with Crippen LogP contribution in [-0.2, 0) is 4.79 Å². The Balaban J connectivity index is 3.19. The third-order valence-corrected chi connectivity index (χ3v) is 2.50. The molecule has 0 saturated carbocycles. The minimum atomic E-state index is -1.14. The second kappa shape index (κ2) is 6.84. The van der Waals surface area contributed by atoms with Crippen LogP contribution in [-0.4, -0.2) is 36.6 Å². The van der Waals surface area contributed by atoms with Crippen LogP contribution in [0.4, 0.5) is 16.2 Å². The molecule has 0 bridgehead atoms. The molecule has 19 heavy (non-hydrogen) atoms. The number of nitrogens with one attached hydrogen (secondary N) is 1. The highest BCUT2D eigenvalue weighted by molar-refractivity contribution is 6.18. The molecule has 2 amide bonds. The van der Waals surface area contributed by atoms with Gasteiger partial charge < -0.3 is 15.2 Å². The predicted octanol–water partition coefficient (Wildman–Crippen LogP) is 2.38. The standard InChI is InChI=1S/C12H15ClN2O4/c1-8(16)14-9-3-4-11(19-2)10(7-9)15(6-5-13)12(17)18/h3-4,7H,5-6H2,1-2H3,(H,14,16)(H,17,18). The largest absolute Gasteiger partial charge is 0.495 e. The van der Waals surface area contributed by atoms with E-state index >= 15 is 0 Å². The maximum absolute atomic E-state index is 11.2. The number of carbonyl (C=O) groups is 2. The Morgan fingerprint density at radius 1 is 1.47 bits per heavy atom. The molecule has 1 rings (SSSR count). The molecule has 0 aliphatic heterocycles. The van der Waals surface area contributed by atoms with Gasteiger partial charge in [-0.1, -0.05) is 0 Å². The average molecular weight is 287 g/mol. The zero-order chi connectivity index (χ0) is 14.4. The second-order valence-corrected chi connectivity index (χ2v) is 4.07. The molecule has 0 aromatic heterocycles. The van der Waals surface area contributed by atoms with Gasteiger partial charge in [0, 0.05) is 25.0 Å². The van der Waals surface area contributed by atoms with Crippen LogP contribution in [0, 0.1) is 0 Å². The topological polar surface area (TPSA) is 78.9 Å². The zero-order valence-electron chi connectivity index (χ0n) is 10.6. The second-order valence-electron chi connectivity index (χ2n) is 3.69. The van der Waals surface area contributed by atoms with E-state index in [2.05, 4.69) is 5.32 Å². The number of nitrogens with zero attached hydrogens (tertiary/aromatic N) is 1. The summed E-state index contributed by atoms with van der Waals surface area (Å²) in [5.74, 6) is 0.303. The van der Waals surface area contributed by atoms with Gasteiger partial charge in [-0.15, -0.1) is 11.6 Å². The lowest BCUT2D eigenvalue weighted by molar-refractivity contribution is -0.114. The van der Waals surface area contributed by atoms with Crippen LogP contribution < -0.4 is 15.0 Å². The molecule has 0 atom stereocenters. The molecule has 0 fully saturated rings. The predicted molar refractivity (Wildman–Crippen MR) is 73.4 cm³/mol. The third kappa shape index (κ3) is 4.03. The van der Waals surface area contributed by atoms with Crippen molar-refractivity contribution in [3.05, 3.63) is 18.2 Å². The highest BCUT2D eigenvalue weighted by Crippen LogP contribution is 2.31. The number of alkyl halides is 1. The summed E-state index contributed by atoms with van der Waals surface area (Å²) in [5.41, 5.74) is 0.825. The fourth-order valence-corrected chi connectivity index (χ4v) is 1.75. The van der Waals surface area contributed by atoms with Crippen molar-refractivity contribution >= 4 is 35.0 Å². The van der Waals surface area contributed by atoms with Gasteiger partial charge in [-0.3, -0.25) is 9.69 Å². The number of rotatable bonds is 5. The van der Waals surface area contributed by atoms with E-state index < -0.39 is 6.09 Å². The van der Waals surface area contributed by atoms with Crippen LogP contribution in [0.2, 0.25) is 0 Å². The van der Waals surface area contributed by atoms with Gasteiger partial charge >= 0.3 is 6.09 Å². The van der Waals surface area contributed by atoms with E-state index in [1.54, 1.807) is 12.1 Å². The van der Waals surface area contributed by atoms with E-state index in [0.29, 0.717) is 17.1 Å². The number of ether oxygens (including phenoxy) is 1. The Morgan fingerprint density at radius 2 is 2.16 bits per heavy atom. The van der Waals surface area contributed by atoms with Gasteiger partial charge in [0.15, 0.2) is 0 Å². The highest BCUT2D eigenvalue weighted by Gasteiger charge is 2.18. The van der Waals surface area contributed by atoms with Crippen molar-refractivity contribution in [2.24, 2.45) is 0 Å². The lowest BCUT2D eigenvalue weighted by atomic mass is 10.2. The number of carbonyl (C=O) groups excluding carboxylic acids is 1. The molecule has 0 aliphatic carbocycles. The van der Waals surface area contributed by atoms with E-state index in [0.717, 1.165) is 4.90 Å². The Morgan fingerprint density at radius 3 is 2.63 bits per heavy atom. The smallest absolute Gasteiger partial charge is 0.411 e. The van der Waals surface area contributed by atoms with Crippen molar-refractivity contribution in [1.82, 2.24) is 0 Å². The number of anilines is 2. The molecule has 0 radical (unpaired) electrons. The number of carboxylic acid groups (broad SMARTS) is 1. The summed E-state index contributed by atoms with van der Waals surface area (Å²) >= 11 is 5.59. The summed E-state index contributed by atoms with van der Waals surface area (Å²) < 4.78 is 5.12. The molecule has 6 nitrogen and oxygen atoms in total. The van der Waals surface area contributed by atoms with Gasteiger partial charge in [-0.05, 0) is 18.2 Å². The van der Waals surface area contributed by atoms with Gasteiger partial charge in [-0.25, -0.2) is 4.79 Å². The van der Waals surface area contributed by atoms with E-state index in [1.807, 2.05) is 0 Å². The van der Waals surface area contributed by atoms with Gasteiger partial charge in [0.25, 0.3) is 0 Å². The molecule has 0 heterocycles. The van der Waals surface area contributed by atoms with Gasteiger partial charge in [0.05, 0.1) is 12.8 Å². The van der Waals surface area contributed by atoms with Crippen LogP contribution in [0.5, 0.6) is 5.75 Å². The maximum atomic E-state index is 11.2. The Labute approximate surface area is 115 Å². The lowest BCUT2D eigenvalue weighted by Gasteiger charge is -2.21. The maximum Gasteiger partial charge on any atom is 0.411 e. The molecule has 104 valence electrons. The molecule has 7 heteroatoms. The molecular formula is C12H15ClN2O4. The Kier molecular flexibility index (Phi) is 5.44. The van der Waals surface area contributed by atoms with Crippen molar-refractivity contribution < 1.29 is 19.4 Å².